The number of aryl methyl sites for hydroxylation is 2. The molecule has 4 nitrogen and oxygen atoms in total. The average molecular weight is 239 g/mol. The third-order valence-corrected chi connectivity index (χ3v) is 3.02. The normalized spacial score (nSPS) is 10.1. The SMILES string of the molecule is Cc1cccc(-n2nc(C#N)c(=O)cc2C)c1C. The van der Waals surface area contributed by atoms with Gasteiger partial charge in [-0.15, -0.1) is 0 Å². The fraction of sp³-hybridized carbons (Fsp3) is 0.214. The van der Waals surface area contributed by atoms with Crippen molar-refractivity contribution in [3.8, 4) is 11.8 Å². The standard InChI is InChI=1S/C14H13N3O/c1-9-5-4-6-13(11(9)3)17-10(2)7-14(18)12(8-15)16-17/h4-7H,1-3H3. The number of hydrogen-bond acceptors (Lipinski definition) is 3. The molecule has 1 aromatic heterocycles. The number of nitriles is 1. The number of aromatic nitrogens is 2. The lowest BCUT2D eigenvalue weighted by Gasteiger charge is -2.13. The predicted octanol–water partition coefficient (Wildman–Crippen LogP) is 2.03. The molecule has 0 N–H and O–H groups in total. The molecule has 2 rings (SSSR count). The van der Waals surface area contributed by atoms with Crippen LogP contribution in [-0.2, 0) is 0 Å². The zero-order chi connectivity index (χ0) is 13.3. The highest BCUT2D eigenvalue weighted by Gasteiger charge is 2.09. The van der Waals surface area contributed by atoms with E-state index in [0.717, 1.165) is 16.8 Å². The Morgan fingerprint density at radius 3 is 2.67 bits per heavy atom. The molecule has 2 aromatic rings. The highest BCUT2D eigenvalue weighted by molar-refractivity contribution is 5.45. The molecule has 90 valence electrons. The van der Waals surface area contributed by atoms with Gasteiger partial charge in [-0.05, 0) is 38.0 Å². The molecule has 4 heteroatoms. The van der Waals surface area contributed by atoms with Gasteiger partial charge in [-0.3, -0.25) is 4.79 Å². The second-order valence-electron chi connectivity index (χ2n) is 4.24. The number of rotatable bonds is 1. The summed E-state index contributed by atoms with van der Waals surface area (Å²) < 4.78 is 1.64. The van der Waals surface area contributed by atoms with Gasteiger partial charge < -0.3 is 0 Å². The van der Waals surface area contributed by atoms with Crippen LogP contribution in [-0.4, -0.2) is 9.78 Å². The van der Waals surface area contributed by atoms with E-state index in [2.05, 4.69) is 5.10 Å². The highest BCUT2D eigenvalue weighted by atomic mass is 16.1. The van der Waals surface area contributed by atoms with E-state index < -0.39 is 0 Å². The minimum absolute atomic E-state index is 0.0819. The maximum atomic E-state index is 11.5. The molecule has 1 heterocycles. The maximum absolute atomic E-state index is 11.5. The van der Waals surface area contributed by atoms with Crippen LogP contribution in [0.15, 0.2) is 29.1 Å². The second kappa shape index (κ2) is 4.46. The Hall–Kier alpha value is -2.41. The first kappa shape index (κ1) is 12.1. The van der Waals surface area contributed by atoms with Crippen molar-refractivity contribution >= 4 is 0 Å². The third kappa shape index (κ3) is 1.91. The first-order chi connectivity index (χ1) is 8.54. The minimum atomic E-state index is -0.337. The van der Waals surface area contributed by atoms with Crippen LogP contribution in [0.25, 0.3) is 5.69 Å². The van der Waals surface area contributed by atoms with Crippen LogP contribution in [0.3, 0.4) is 0 Å². The first-order valence-electron chi connectivity index (χ1n) is 5.62. The lowest BCUT2D eigenvalue weighted by molar-refractivity contribution is 0.784. The summed E-state index contributed by atoms with van der Waals surface area (Å²) in [5.41, 5.74) is 3.42. The Labute approximate surface area is 105 Å². The monoisotopic (exact) mass is 239 g/mol. The fourth-order valence-electron chi connectivity index (χ4n) is 1.83. The van der Waals surface area contributed by atoms with E-state index in [1.807, 2.05) is 38.1 Å². The maximum Gasteiger partial charge on any atom is 0.218 e. The van der Waals surface area contributed by atoms with Crippen molar-refractivity contribution in [1.82, 2.24) is 9.78 Å². The summed E-state index contributed by atoms with van der Waals surface area (Å²) in [5.74, 6) is 0. The molecule has 0 bridgehead atoms. The van der Waals surface area contributed by atoms with Gasteiger partial charge in [0.25, 0.3) is 0 Å². The first-order valence-corrected chi connectivity index (χ1v) is 5.62. The quantitative estimate of drug-likeness (QED) is 0.765. The molecule has 0 fully saturated rings. The zero-order valence-corrected chi connectivity index (χ0v) is 10.6. The van der Waals surface area contributed by atoms with Crippen molar-refractivity contribution in [1.29, 1.82) is 5.26 Å². The van der Waals surface area contributed by atoms with E-state index in [0.29, 0.717) is 5.69 Å². The van der Waals surface area contributed by atoms with Crippen LogP contribution >= 0.6 is 0 Å². The molecule has 0 atom stereocenters. The summed E-state index contributed by atoms with van der Waals surface area (Å²) in [6, 6.07) is 9.13. The van der Waals surface area contributed by atoms with Gasteiger partial charge in [-0.2, -0.15) is 10.4 Å². The summed E-state index contributed by atoms with van der Waals surface area (Å²) in [4.78, 5) is 11.5. The molecule has 0 aliphatic heterocycles. The van der Waals surface area contributed by atoms with Crippen molar-refractivity contribution in [3.63, 3.8) is 0 Å². The van der Waals surface area contributed by atoms with E-state index >= 15 is 0 Å². The van der Waals surface area contributed by atoms with Gasteiger partial charge in [-0.25, -0.2) is 4.68 Å². The van der Waals surface area contributed by atoms with Gasteiger partial charge in [0.05, 0.1) is 5.69 Å². The van der Waals surface area contributed by atoms with Gasteiger partial charge in [0.2, 0.25) is 11.1 Å². The van der Waals surface area contributed by atoms with Gasteiger partial charge in [0.15, 0.2) is 0 Å². The van der Waals surface area contributed by atoms with Gasteiger partial charge in [0.1, 0.15) is 6.07 Å². The van der Waals surface area contributed by atoms with Crippen molar-refractivity contribution in [2.24, 2.45) is 0 Å². The zero-order valence-electron chi connectivity index (χ0n) is 10.6. The number of nitrogens with zero attached hydrogens (tertiary/aromatic N) is 3. The van der Waals surface area contributed by atoms with E-state index in [-0.39, 0.29) is 11.1 Å². The number of benzene rings is 1. The molecular formula is C14H13N3O. The van der Waals surface area contributed by atoms with Crippen molar-refractivity contribution in [3.05, 3.63) is 57.0 Å². The molecule has 0 aliphatic rings. The third-order valence-electron chi connectivity index (χ3n) is 3.02. The summed E-state index contributed by atoms with van der Waals surface area (Å²) in [6.07, 6.45) is 0. The fourth-order valence-corrected chi connectivity index (χ4v) is 1.83. The molecule has 0 spiro atoms. The molecule has 0 radical (unpaired) electrons. The van der Waals surface area contributed by atoms with Crippen molar-refractivity contribution in [2.75, 3.05) is 0 Å². The van der Waals surface area contributed by atoms with E-state index in [4.69, 9.17) is 5.26 Å². The van der Waals surface area contributed by atoms with Crippen LogP contribution in [0.5, 0.6) is 0 Å². The highest BCUT2D eigenvalue weighted by Crippen LogP contribution is 2.17. The van der Waals surface area contributed by atoms with Crippen LogP contribution in [0.4, 0.5) is 0 Å². The molecule has 0 saturated carbocycles. The van der Waals surface area contributed by atoms with Gasteiger partial charge in [-0.1, -0.05) is 12.1 Å². The lowest BCUT2D eigenvalue weighted by atomic mass is 10.1. The molecule has 18 heavy (non-hydrogen) atoms. The van der Waals surface area contributed by atoms with E-state index in [1.165, 1.54) is 6.07 Å². The Kier molecular flexibility index (Phi) is 2.99. The van der Waals surface area contributed by atoms with E-state index in [1.54, 1.807) is 11.6 Å². The van der Waals surface area contributed by atoms with Crippen LogP contribution < -0.4 is 5.43 Å². The molecular weight excluding hydrogens is 226 g/mol. The molecule has 0 amide bonds. The topological polar surface area (TPSA) is 58.7 Å². The second-order valence-corrected chi connectivity index (χ2v) is 4.24. The summed E-state index contributed by atoms with van der Waals surface area (Å²) in [5, 5.41) is 13.0. The minimum Gasteiger partial charge on any atom is -0.287 e. The van der Waals surface area contributed by atoms with Gasteiger partial charge in [0, 0.05) is 11.8 Å². The Bertz CT molecular complexity index is 708. The Morgan fingerprint density at radius 2 is 2.00 bits per heavy atom. The van der Waals surface area contributed by atoms with Crippen molar-refractivity contribution in [2.45, 2.75) is 20.8 Å². The Balaban J connectivity index is 2.76. The number of hydrogen-bond donors (Lipinski definition) is 0. The predicted molar refractivity (Wildman–Crippen MR) is 68.8 cm³/mol. The lowest BCUT2D eigenvalue weighted by Crippen LogP contribution is -2.17. The van der Waals surface area contributed by atoms with Crippen LogP contribution in [0, 0.1) is 32.1 Å². The molecule has 0 saturated heterocycles. The smallest absolute Gasteiger partial charge is 0.218 e. The largest absolute Gasteiger partial charge is 0.287 e. The molecule has 0 aliphatic carbocycles. The van der Waals surface area contributed by atoms with Gasteiger partial charge >= 0.3 is 0 Å². The van der Waals surface area contributed by atoms with Crippen LogP contribution in [0.2, 0.25) is 0 Å². The molecule has 0 unspecified atom stereocenters. The molecule has 1 aromatic carbocycles. The van der Waals surface area contributed by atoms with Crippen LogP contribution in [0.1, 0.15) is 22.5 Å². The summed E-state index contributed by atoms with van der Waals surface area (Å²) >= 11 is 0. The van der Waals surface area contributed by atoms with E-state index in [9.17, 15) is 4.79 Å². The Morgan fingerprint density at radius 1 is 1.28 bits per heavy atom. The van der Waals surface area contributed by atoms with Crippen molar-refractivity contribution < 1.29 is 0 Å². The average Bonchev–Trinajstić information content (AvgIpc) is 2.34. The summed E-state index contributed by atoms with van der Waals surface area (Å²) in [6.45, 7) is 5.81. The summed E-state index contributed by atoms with van der Waals surface area (Å²) in [7, 11) is 0.